The van der Waals surface area contributed by atoms with Crippen molar-refractivity contribution in [2.24, 2.45) is 0 Å². The van der Waals surface area contributed by atoms with Crippen LogP contribution in [0.25, 0.3) is 16.3 Å². The number of nitro benzene ring substituents is 1. The number of nitro groups is 1. The Labute approximate surface area is 273 Å². The SMILES string of the molecule is O=C1NC(=S)N(c2ccccc2)C(=O)/C1=C/c1ccc(Sc2nc3ccc(N4C(=O)c5ccccc5C4=O)cc3s2)c([N+](=O)[O-])c1. The first kappa shape index (κ1) is 29.2. The van der Waals surface area contributed by atoms with Crippen LogP contribution in [0.5, 0.6) is 0 Å². The van der Waals surface area contributed by atoms with Crippen LogP contribution >= 0.6 is 35.3 Å². The number of carbonyl (C=O) groups is 4. The van der Waals surface area contributed by atoms with E-state index in [1.807, 2.05) is 0 Å². The Kier molecular flexibility index (Phi) is 7.23. The van der Waals surface area contributed by atoms with E-state index in [2.05, 4.69) is 10.3 Å². The van der Waals surface area contributed by atoms with E-state index in [0.717, 1.165) is 16.7 Å². The van der Waals surface area contributed by atoms with Gasteiger partial charge in [-0.2, -0.15) is 0 Å². The molecular weight excluding hydrogens is 647 g/mol. The molecule has 0 aliphatic carbocycles. The lowest BCUT2D eigenvalue weighted by molar-refractivity contribution is -0.387. The van der Waals surface area contributed by atoms with Crippen LogP contribution in [-0.2, 0) is 9.59 Å². The molecule has 14 heteroatoms. The second-order valence-electron chi connectivity index (χ2n) is 10.0. The van der Waals surface area contributed by atoms with Crippen LogP contribution in [0.4, 0.5) is 17.1 Å². The molecule has 0 saturated carbocycles. The standard InChI is InChI=1S/C32H17N5O6S3/c38-27-22(30(41)36(31(44)34-27)18-6-2-1-3-7-18)14-17-10-13-25(24(15-17)37(42)43)45-32-33-23-12-11-19(16-26(23)46-32)35-28(39)20-8-4-5-9-21(20)29(35)40/h1-16H,(H,34,38,44)/b22-14+. The molecule has 224 valence electrons. The molecule has 7 rings (SSSR count). The van der Waals surface area contributed by atoms with Crippen molar-refractivity contribution in [3.05, 3.63) is 123 Å². The molecule has 0 radical (unpaired) electrons. The highest BCUT2D eigenvalue weighted by molar-refractivity contribution is 8.01. The monoisotopic (exact) mass is 663 g/mol. The number of hydrogen-bond donors (Lipinski definition) is 1. The molecule has 0 spiro atoms. The first-order valence-corrected chi connectivity index (χ1v) is 15.5. The molecule has 4 aromatic carbocycles. The lowest BCUT2D eigenvalue weighted by atomic mass is 10.1. The third-order valence-corrected chi connectivity index (χ3v) is 9.64. The van der Waals surface area contributed by atoms with E-state index >= 15 is 0 Å². The van der Waals surface area contributed by atoms with Crippen LogP contribution in [0.3, 0.4) is 0 Å². The van der Waals surface area contributed by atoms with Crippen LogP contribution < -0.4 is 15.1 Å². The number of thiazole rings is 1. The van der Waals surface area contributed by atoms with Crippen LogP contribution in [0, 0.1) is 10.1 Å². The third-order valence-electron chi connectivity index (χ3n) is 7.21. The molecule has 46 heavy (non-hydrogen) atoms. The van der Waals surface area contributed by atoms with E-state index < -0.39 is 28.6 Å². The van der Waals surface area contributed by atoms with Crippen molar-refractivity contribution in [1.82, 2.24) is 10.3 Å². The molecule has 0 bridgehead atoms. The van der Waals surface area contributed by atoms with Crippen LogP contribution in [-0.4, -0.2) is 38.6 Å². The van der Waals surface area contributed by atoms with Gasteiger partial charge in [0.25, 0.3) is 29.3 Å². The maximum absolute atomic E-state index is 13.3. The molecule has 3 heterocycles. The molecule has 0 unspecified atom stereocenters. The molecule has 2 aliphatic rings. The maximum atomic E-state index is 13.3. The third kappa shape index (κ3) is 5.03. The molecule has 1 fully saturated rings. The summed E-state index contributed by atoms with van der Waals surface area (Å²) in [6.07, 6.45) is 1.29. The van der Waals surface area contributed by atoms with Gasteiger partial charge >= 0.3 is 0 Å². The second kappa shape index (κ2) is 11.4. The number of anilines is 2. The van der Waals surface area contributed by atoms with Gasteiger partial charge in [-0.3, -0.25) is 39.5 Å². The zero-order valence-electron chi connectivity index (χ0n) is 23.2. The number of nitrogens with one attached hydrogen (secondary N) is 1. The summed E-state index contributed by atoms with van der Waals surface area (Å²) >= 11 is 7.55. The zero-order valence-corrected chi connectivity index (χ0v) is 25.7. The lowest BCUT2D eigenvalue weighted by Crippen LogP contribution is -2.54. The number of benzene rings is 4. The normalized spacial score (nSPS) is 15.6. The van der Waals surface area contributed by atoms with Crippen molar-refractivity contribution in [3.8, 4) is 0 Å². The van der Waals surface area contributed by atoms with E-state index in [-0.39, 0.29) is 21.9 Å². The molecule has 1 aromatic heterocycles. The number of nitrogens with zero attached hydrogens (tertiary/aromatic N) is 4. The number of rotatable bonds is 6. The van der Waals surface area contributed by atoms with Gasteiger partial charge in [-0.05, 0) is 72.4 Å². The van der Waals surface area contributed by atoms with Gasteiger partial charge in [-0.25, -0.2) is 9.88 Å². The van der Waals surface area contributed by atoms with Gasteiger partial charge in [-0.15, -0.1) is 11.3 Å². The lowest BCUT2D eigenvalue weighted by Gasteiger charge is -2.28. The number of thiocarbonyl (C=S) groups is 1. The van der Waals surface area contributed by atoms with Crippen molar-refractivity contribution in [2.75, 3.05) is 9.80 Å². The van der Waals surface area contributed by atoms with E-state index in [4.69, 9.17) is 12.2 Å². The molecule has 4 amide bonds. The van der Waals surface area contributed by atoms with Gasteiger partial charge in [0.05, 0.1) is 42.5 Å². The Morgan fingerprint density at radius 2 is 1.52 bits per heavy atom. The van der Waals surface area contributed by atoms with Gasteiger partial charge in [0, 0.05) is 6.07 Å². The summed E-state index contributed by atoms with van der Waals surface area (Å²) < 4.78 is 1.18. The van der Waals surface area contributed by atoms with E-state index in [1.165, 1.54) is 34.4 Å². The van der Waals surface area contributed by atoms with Crippen molar-refractivity contribution in [1.29, 1.82) is 0 Å². The Bertz CT molecular complexity index is 2180. The predicted molar refractivity (Wildman–Crippen MR) is 177 cm³/mol. The number of imide groups is 1. The highest BCUT2D eigenvalue weighted by Crippen LogP contribution is 2.41. The summed E-state index contributed by atoms with van der Waals surface area (Å²) in [4.78, 5) is 70.6. The van der Waals surface area contributed by atoms with E-state index in [9.17, 15) is 29.3 Å². The fourth-order valence-electron chi connectivity index (χ4n) is 5.08. The minimum absolute atomic E-state index is 0.0669. The number of hydrogen-bond acceptors (Lipinski definition) is 10. The van der Waals surface area contributed by atoms with Gasteiger partial charge in [0.2, 0.25) is 0 Å². The molecule has 5 aromatic rings. The van der Waals surface area contributed by atoms with Gasteiger partial charge < -0.3 is 0 Å². The zero-order chi connectivity index (χ0) is 32.1. The smallest absolute Gasteiger partial charge is 0.283 e. The summed E-state index contributed by atoms with van der Waals surface area (Å²) in [5.41, 5.74) is 1.93. The Hall–Kier alpha value is -5.57. The summed E-state index contributed by atoms with van der Waals surface area (Å²) in [6.45, 7) is 0. The Morgan fingerprint density at radius 1 is 0.826 bits per heavy atom. The van der Waals surface area contributed by atoms with Crippen molar-refractivity contribution in [3.63, 3.8) is 0 Å². The number of carbonyl (C=O) groups excluding carboxylic acids is 4. The molecule has 2 aliphatic heterocycles. The summed E-state index contributed by atoms with van der Waals surface area (Å²) in [7, 11) is 0. The van der Waals surface area contributed by atoms with Crippen molar-refractivity contribution < 1.29 is 24.1 Å². The summed E-state index contributed by atoms with van der Waals surface area (Å²) in [5.74, 6) is -2.19. The van der Waals surface area contributed by atoms with Crippen LogP contribution in [0.15, 0.2) is 106 Å². The number of amides is 4. The Morgan fingerprint density at radius 3 is 2.22 bits per heavy atom. The molecular formula is C32H17N5O6S3. The largest absolute Gasteiger partial charge is 0.298 e. The van der Waals surface area contributed by atoms with Crippen molar-refractivity contribution in [2.45, 2.75) is 9.24 Å². The minimum Gasteiger partial charge on any atom is -0.298 e. The highest BCUT2D eigenvalue weighted by Gasteiger charge is 2.37. The first-order chi connectivity index (χ1) is 22.2. The summed E-state index contributed by atoms with van der Waals surface area (Å²) in [6, 6.07) is 24.6. The maximum Gasteiger partial charge on any atom is 0.283 e. The van der Waals surface area contributed by atoms with Gasteiger partial charge in [0.15, 0.2) is 9.45 Å². The summed E-state index contributed by atoms with van der Waals surface area (Å²) in [5, 5.41) is 14.5. The van der Waals surface area contributed by atoms with Crippen molar-refractivity contribution >= 4 is 97.4 Å². The fourth-order valence-corrected chi connectivity index (χ4v) is 7.50. The van der Waals surface area contributed by atoms with Gasteiger partial charge in [-0.1, -0.05) is 48.2 Å². The van der Waals surface area contributed by atoms with E-state index in [0.29, 0.717) is 42.0 Å². The van der Waals surface area contributed by atoms with Crippen LogP contribution in [0.1, 0.15) is 26.3 Å². The molecule has 11 nitrogen and oxygen atoms in total. The first-order valence-electron chi connectivity index (χ1n) is 13.5. The van der Waals surface area contributed by atoms with E-state index in [1.54, 1.807) is 78.9 Å². The average Bonchev–Trinajstić information content (AvgIpc) is 3.56. The molecule has 1 N–H and O–H groups in total. The topological polar surface area (TPSA) is 143 Å². The fraction of sp³-hybridized carbons (Fsp3) is 0. The molecule has 1 saturated heterocycles. The van der Waals surface area contributed by atoms with Gasteiger partial charge in [0.1, 0.15) is 5.57 Å². The Balaban J connectivity index is 1.16. The number of aromatic nitrogens is 1. The second-order valence-corrected chi connectivity index (χ2v) is 12.7. The minimum atomic E-state index is -0.710. The molecule has 0 atom stereocenters. The highest BCUT2D eigenvalue weighted by atomic mass is 32.2. The predicted octanol–water partition coefficient (Wildman–Crippen LogP) is 5.99. The van der Waals surface area contributed by atoms with Crippen LogP contribution in [0.2, 0.25) is 0 Å². The number of para-hydroxylation sites is 1. The average molecular weight is 664 g/mol. The number of fused-ring (bicyclic) bond motifs is 2. The quantitative estimate of drug-likeness (QED) is 0.0579.